The van der Waals surface area contributed by atoms with Crippen molar-refractivity contribution in [1.29, 1.82) is 0 Å². The molecule has 0 amide bonds. The summed E-state index contributed by atoms with van der Waals surface area (Å²) in [6.45, 7) is 2.26. The number of hydrogen-bond donors (Lipinski definition) is 1. The molecule has 0 aliphatic carbocycles. The smallest absolute Gasteiger partial charge is 0.174 e. The van der Waals surface area contributed by atoms with E-state index in [0.29, 0.717) is 5.25 Å². The van der Waals surface area contributed by atoms with Gasteiger partial charge in [0.25, 0.3) is 0 Å². The molecule has 1 aromatic heterocycles. The minimum Gasteiger partial charge on any atom is -0.316 e. The maximum Gasteiger partial charge on any atom is 0.174 e. The predicted octanol–water partition coefficient (Wildman–Crippen LogP) is 0.992. The molecular weight excluding hydrogens is 178 g/mol. The van der Waals surface area contributed by atoms with Crippen LogP contribution in [0.15, 0.2) is 9.85 Å². The lowest BCUT2D eigenvalue weighted by Crippen LogP contribution is -2.09. The van der Waals surface area contributed by atoms with Gasteiger partial charge in [-0.1, -0.05) is 23.1 Å². The fourth-order valence-corrected chi connectivity index (χ4v) is 2.94. The Hall–Kier alpha value is -0.130. The Balaban J connectivity index is 1.90. The first-order chi connectivity index (χ1) is 5.45. The molecule has 1 N–H and O–H groups in total. The van der Waals surface area contributed by atoms with Crippen LogP contribution in [0.2, 0.25) is 0 Å². The zero-order chi connectivity index (χ0) is 7.52. The van der Waals surface area contributed by atoms with Crippen LogP contribution in [0.5, 0.6) is 0 Å². The minimum atomic E-state index is 0.711. The van der Waals surface area contributed by atoms with Crippen LogP contribution in [0.25, 0.3) is 0 Å². The van der Waals surface area contributed by atoms with E-state index in [1.54, 1.807) is 16.8 Å². The monoisotopic (exact) mass is 187 g/mol. The molecule has 1 aromatic rings. The topological polar surface area (TPSA) is 37.8 Å². The summed E-state index contributed by atoms with van der Waals surface area (Å²) < 4.78 is 1.10. The molecular formula is C6H9N3S2. The Morgan fingerprint density at radius 2 is 2.73 bits per heavy atom. The molecule has 60 valence electrons. The first-order valence-electron chi connectivity index (χ1n) is 3.59. The van der Waals surface area contributed by atoms with E-state index < -0.39 is 0 Å². The molecule has 1 fully saturated rings. The highest BCUT2D eigenvalue weighted by molar-refractivity contribution is 8.01. The van der Waals surface area contributed by atoms with E-state index in [1.807, 2.05) is 11.8 Å². The Morgan fingerprint density at radius 1 is 1.73 bits per heavy atom. The van der Waals surface area contributed by atoms with Gasteiger partial charge in [-0.2, -0.15) is 0 Å². The highest BCUT2D eigenvalue weighted by Gasteiger charge is 2.16. The van der Waals surface area contributed by atoms with Gasteiger partial charge in [0.2, 0.25) is 0 Å². The molecule has 0 saturated carbocycles. The van der Waals surface area contributed by atoms with Gasteiger partial charge in [-0.05, 0) is 13.0 Å². The summed E-state index contributed by atoms with van der Waals surface area (Å²) in [7, 11) is 0. The van der Waals surface area contributed by atoms with Gasteiger partial charge in [0.1, 0.15) is 5.51 Å². The van der Waals surface area contributed by atoms with E-state index in [-0.39, 0.29) is 0 Å². The Labute approximate surface area is 73.6 Å². The largest absolute Gasteiger partial charge is 0.316 e. The van der Waals surface area contributed by atoms with Gasteiger partial charge in [0.05, 0.1) is 0 Å². The molecule has 0 spiro atoms. The van der Waals surface area contributed by atoms with Gasteiger partial charge in [0, 0.05) is 11.8 Å². The highest BCUT2D eigenvalue weighted by Crippen LogP contribution is 2.27. The standard InChI is InChI=1S/C6H9N3S2/c1-2-7-3-5(1)11-6-9-8-4-10-6/h4-5,7H,1-3H2. The number of hydrogen-bond acceptors (Lipinski definition) is 5. The predicted molar refractivity (Wildman–Crippen MR) is 47.0 cm³/mol. The second-order valence-corrected chi connectivity index (χ2v) is 4.82. The number of aromatic nitrogens is 2. The molecule has 1 aliphatic heterocycles. The number of rotatable bonds is 2. The molecule has 3 nitrogen and oxygen atoms in total. The van der Waals surface area contributed by atoms with Crippen LogP contribution in [0, 0.1) is 0 Å². The average Bonchev–Trinajstić information content (AvgIpc) is 2.60. The third-order valence-electron chi connectivity index (χ3n) is 1.62. The van der Waals surface area contributed by atoms with Crippen molar-refractivity contribution < 1.29 is 0 Å². The maximum absolute atomic E-state index is 3.98. The zero-order valence-electron chi connectivity index (χ0n) is 5.99. The third-order valence-corrected chi connectivity index (χ3v) is 3.70. The minimum absolute atomic E-state index is 0.711. The van der Waals surface area contributed by atoms with Crippen LogP contribution in [-0.4, -0.2) is 28.5 Å². The SMILES string of the molecule is c1nnc(SC2CCNC2)s1. The van der Waals surface area contributed by atoms with Crippen LogP contribution in [-0.2, 0) is 0 Å². The first-order valence-corrected chi connectivity index (χ1v) is 5.34. The van der Waals surface area contributed by atoms with Crippen LogP contribution in [0.3, 0.4) is 0 Å². The fraction of sp³-hybridized carbons (Fsp3) is 0.667. The summed E-state index contributed by atoms with van der Waals surface area (Å²) in [4.78, 5) is 0. The summed E-state index contributed by atoms with van der Waals surface area (Å²) in [6, 6.07) is 0. The average molecular weight is 187 g/mol. The van der Waals surface area contributed by atoms with Gasteiger partial charge in [-0.15, -0.1) is 10.2 Å². The molecule has 5 heteroatoms. The van der Waals surface area contributed by atoms with Crippen molar-refractivity contribution in [2.75, 3.05) is 13.1 Å². The molecule has 2 rings (SSSR count). The van der Waals surface area contributed by atoms with Crippen molar-refractivity contribution in [2.24, 2.45) is 0 Å². The number of nitrogens with one attached hydrogen (secondary N) is 1. The highest BCUT2D eigenvalue weighted by atomic mass is 32.2. The van der Waals surface area contributed by atoms with Gasteiger partial charge in [0.15, 0.2) is 4.34 Å². The van der Waals surface area contributed by atoms with Crippen LogP contribution in [0.1, 0.15) is 6.42 Å². The van der Waals surface area contributed by atoms with Crippen molar-refractivity contribution in [1.82, 2.24) is 15.5 Å². The lowest BCUT2D eigenvalue weighted by atomic mass is 10.4. The summed E-state index contributed by atoms with van der Waals surface area (Å²) in [5.41, 5.74) is 1.78. The normalized spacial score (nSPS) is 24.2. The second-order valence-electron chi connectivity index (χ2n) is 2.44. The Kier molecular flexibility index (Phi) is 2.40. The van der Waals surface area contributed by atoms with Crippen molar-refractivity contribution in [3.8, 4) is 0 Å². The van der Waals surface area contributed by atoms with E-state index in [4.69, 9.17) is 0 Å². The van der Waals surface area contributed by atoms with Crippen molar-refractivity contribution >= 4 is 23.1 Å². The molecule has 2 heterocycles. The van der Waals surface area contributed by atoms with E-state index in [1.165, 1.54) is 6.42 Å². The molecule has 1 aliphatic rings. The molecule has 11 heavy (non-hydrogen) atoms. The van der Waals surface area contributed by atoms with E-state index in [0.717, 1.165) is 17.4 Å². The molecule has 0 radical (unpaired) electrons. The van der Waals surface area contributed by atoms with Gasteiger partial charge >= 0.3 is 0 Å². The lowest BCUT2D eigenvalue weighted by molar-refractivity contribution is 0.858. The Morgan fingerprint density at radius 3 is 3.36 bits per heavy atom. The van der Waals surface area contributed by atoms with Gasteiger partial charge in [-0.25, -0.2) is 0 Å². The molecule has 0 aromatic carbocycles. The number of nitrogens with zero attached hydrogens (tertiary/aromatic N) is 2. The van der Waals surface area contributed by atoms with E-state index in [2.05, 4.69) is 15.5 Å². The molecule has 1 atom stereocenters. The fourth-order valence-electron chi connectivity index (χ4n) is 1.09. The van der Waals surface area contributed by atoms with E-state index >= 15 is 0 Å². The lowest BCUT2D eigenvalue weighted by Gasteiger charge is -2.01. The van der Waals surface area contributed by atoms with Crippen molar-refractivity contribution in [3.05, 3.63) is 5.51 Å². The van der Waals surface area contributed by atoms with Gasteiger partial charge in [-0.3, -0.25) is 0 Å². The first kappa shape index (κ1) is 7.52. The zero-order valence-corrected chi connectivity index (χ0v) is 7.62. The maximum atomic E-state index is 3.98. The molecule has 1 unspecified atom stereocenters. The van der Waals surface area contributed by atoms with E-state index in [9.17, 15) is 0 Å². The van der Waals surface area contributed by atoms with Crippen molar-refractivity contribution in [2.45, 2.75) is 16.0 Å². The summed E-state index contributed by atoms with van der Waals surface area (Å²) in [5.74, 6) is 0. The van der Waals surface area contributed by atoms with Crippen LogP contribution >= 0.6 is 23.1 Å². The quantitative estimate of drug-likeness (QED) is 0.749. The van der Waals surface area contributed by atoms with Crippen LogP contribution < -0.4 is 5.32 Å². The third kappa shape index (κ3) is 1.91. The van der Waals surface area contributed by atoms with Crippen LogP contribution in [0.4, 0.5) is 0 Å². The molecule has 1 saturated heterocycles. The second kappa shape index (κ2) is 3.51. The van der Waals surface area contributed by atoms with Crippen molar-refractivity contribution in [3.63, 3.8) is 0 Å². The molecule has 0 bridgehead atoms. The Bertz CT molecular complexity index is 206. The summed E-state index contributed by atoms with van der Waals surface area (Å²) in [5, 5.41) is 11.8. The summed E-state index contributed by atoms with van der Waals surface area (Å²) in [6.07, 6.45) is 1.25. The number of thioether (sulfide) groups is 1. The van der Waals surface area contributed by atoms with Gasteiger partial charge < -0.3 is 5.32 Å². The summed E-state index contributed by atoms with van der Waals surface area (Å²) >= 11 is 3.46.